The first-order chi connectivity index (χ1) is 10.9. The van der Waals surface area contributed by atoms with E-state index >= 15 is 0 Å². The van der Waals surface area contributed by atoms with Crippen molar-refractivity contribution in [1.82, 2.24) is 4.90 Å². The Morgan fingerprint density at radius 3 is 2.30 bits per heavy atom. The van der Waals surface area contributed by atoms with Crippen LogP contribution in [0.2, 0.25) is 0 Å². The van der Waals surface area contributed by atoms with E-state index in [9.17, 15) is 0 Å². The van der Waals surface area contributed by atoms with E-state index in [-0.39, 0.29) is 5.41 Å². The van der Waals surface area contributed by atoms with Crippen LogP contribution in [0.1, 0.15) is 44.7 Å². The van der Waals surface area contributed by atoms with Crippen molar-refractivity contribution in [3.8, 4) is 0 Å². The number of para-hydroxylation sites is 1. The van der Waals surface area contributed by atoms with Crippen molar-refractivity contribution in [1.29, 1.82) is 0 Å². The summed E-state index contributed by atoms with van der Waals surface area (Å²) in [7, 11) is 0. The van der Waals surface area contributed by atoms with E-state index in [0.29, 0.717) is 6.04 Å². The molecule has 0 aliphatic carbocycles. The molecule has 1 unspecified atom stereocenters. The molecule has 0 amide bonds. The van der Waals surface area contributed by atoms with Crippen LogP contribution >= 0.6 is 0 Å². The molecule has 3 heteroatoms. The molecule has 0 spiro atoms. The highest BCUT2D eigenvalue weighted by Gasteiger charge is 2.23. The molecule has 1 heterocycles. The number of ether oxygens (including phenoxy) is 1. The second kappa shape index (κ2) is 8.16. The molecule has 23 heavy (non-hydrogen) atoms. The lowest BCUT2D eigenvalue weighted by molar-refractivity contribution is 0.0335. The van der Waals surface area contributed by atoms with Crippen molar-refractivity contribution in [3.63, 3.8) is 0 Å². The van der Waals surface area contributed by atoms with Gasteiger partial charge in [-0.05, 0) is 56.3 Å². The molecule has 1 aromatic rings. The summed E-state index contributed by atoms with van der Waals surface area (Å²) in [4.78, 5) is 2.59. The summed E-state index contributed by atoms with van der Waals surface area (Å²) in [5.41, 5.74) is 4.16. The zero-order chi connectivity index (χ0) is 16.9. The van der Waals surface area contributed by atoms with Gasteiger partial charge in [0.25, 0.3) is 0 Å². The van der Waals surface area contributed by atoms with Crippen LogP contribution in [-0.4, -0.2) is 43.8 Å². The topological polar surface area (TPSA) is 24.5 Å². The lowest BCUT2D eigenvalue weighted by Gasteiger charge is -2.30. The predicted octanol–water partition coefficient (Wildman–Crippen LogP) is 4.24. The first kappa shape index (κ1) is 18.3. The molecule has 0 aromatic heterocycles. The number of nitrogens with one attached hydrogen (secondary N) is 1. The van der Waals surface area contributed by atoms with Crippen LogP contribution in [0.15, 0.2) is 18.2 Å². The fraction of sp³-hybridized carbons (Fsp3) is 0.700. The standard InChI is InChI=1S/C20H34N2O/c1-16-9-8-10-17(2)19(16)21-13-18(22-11-6-7-12-22)14-23-15-20(3,4)5/h8-10,18,21H,6-7,11-15H2,1-5H3. The van der Waals surface area contributed by atoms with E-state index in [0.717, 1.165) is 19.8 Å². The average Bonchev–Trinajstić information content (AvgIpc) is 2.97. The minimum Gasteiger partial charge on any atom is -0.383 e. The van der Waals surface area contributed by atoms with E-state index in [1.54, 1.807) is 0 Å². The zero-order valence-electron chi connectivity index (χ0n) is 15.6. The van der Waals surface area contributed by atoms with Gasteiger partial charge >= 0.3 is 0 Å². The molecule has 2 rings (SSSR count). The monoisotopic (exact) mass is 318 g/mol. The Bertz CT molecular complexity index is 467. The molecule has 0 radical (unpaired) electrons. The minimum atomic E-state index is 0.232. The van der Waals surface area contributed by atoms with Crippen LogP contribution in [0.25, 0.3) is 0 Å². The summed E-state index contributed by atoms with van der Waals surface area (Å²) in [5, 5.41) is 3.68. The van der Waals surface area contributed by atoms with Crippen molar-refractivity contribution in [2.75, 3.05) is 38.2 Å². The van der Waals surface area contributed by atoms with Crippen LogP contribution < -0.4 is 5.32 Å². The van der Waals surface area contributed by atoms with Crippen molar-refractivity contribution < 1.29 is 4.74 Å². The number of hydrogen-bond acceptors (Lipinski definition) is 3. The number of likely N-dealkylation sites (tertiary alicyclic amines) is 1. The van der Waals surface area contributed by atoms with Crippen LogP contribution in [0.3, 0.4) is 0 Å². The third-order valence-corrected chi connectivity index (χ3v) is 4.50. The highest BCUT2D eigenvalue weighted by molar-refractivity contribution is 5.56. The lowest BCUT2D eigenvalue weighted by atomic mass is 9.99. The molecule has 0 bridgehead atoms. The molecular formula is C20H34N2O. The van der Waals surface area contributed by atoms with E-state index in [4.69, 9.17) is 4.74 Å². The van der Waals surface area contributed by atoms with Crippen molar-refractivity contribution in [3.05, 3.63) is 29.3 Å². The highest BCUT2D eigenvalue weighted by atomic mass is 16.5. The van der Waals surface area contributed by atoms with Crippen molar-refractivity contribution in [2.45, 2.75) is 53.5 Å². The molecule has 1 saturated heterocycles. The normalized spacial score (nSPS) is 17.4. The second-order valence-corrected chi connectivity index (χ2v) is 8.12. The predicted molar refractivity (Wildman–Crippen MR) is 99.3 cm³/mol. The number of anilines is 1. The molecule has 0 saturated carbocycles. The largest absolute Gasteiger partial charge is 0.383 e. The minimum absolute atomic E-state index is 0.232. The second-order valence-electron chi connectivity index (χ2n) is 8.12. The molecule has 3 nitrogen and oxygen atoms in total. The van der Waals surface area contributed by atoms with E-state index in [1.807, 2.05) is 0 Å². The first-order valence-corrected chi connectivity index (χ1v) is 8.99. The Labute approximate surface area is 142 Å². The fourth-order valence-corrected chi connectivity index (χ4v) is 3.21. The SMILES string of the molecule is Cc1cccc(C)c1NCC(COCC(C)(C)C)N1CCCC1. The number of aryl methyl sites for hydroxylation is 2. The van der Waals surface area contributed by atoms with Gasteiger partial charge in [0.2, 0.25) is 0 Å². The summed E-state index contributed by atoms with van der Waals surface area (Å²) in [6, 6.07) is 6.94. The maximum atomic E-state index is 6.04. The van der Waals surface area contributed by atoms with E-state index in [1.165, 1.54) is 42.7 Å². The molecule has 1 N–H and O–H groups in total. The van der Waals surface area contributed by atoms with Gasteiger partial charge < -0.3 is 10.1 Å². The third kappa shape index (κ3) is 5.82. The van der Waals surface area contributed by atoms with Gasteiger partial charge in [0.05, 0.1) is 19.3 Å². The average molecular weight is 319 g/mol. The van der Waals surface area contributed by atoms with E-state index in [2.05, 4.69) is 63.0 Å². The van der Waals surface area contributed by atoms with Crippen LogP contribution in [0.5, 0.6) is 0 Å². The Morgan fingerprint density at radius 2 is 1.74 bits per heavy atom. The van der Waals surface area contributed by atoms with Gasteiger partial charge in [-0.3, -0.25) is 4.90 Å². The van der Waals surface area contributed by atoms with Crippen LogP contribution in [0.4, 0.5) is 5.69 Å². The highest BCUT2D eigenvalue weighted by Crippen LogP contribution is 2.21. The quantitative estimate of drug-likeness (QED) is 0.813. The Kier molecular flexibility index (Phi) is 6.49. The van der Waals surface area contributed by atoms with Gasteiger partial charge in [0, 0.05) is 12.2 Å². The Hall–Kier alpha value is -1.06. The number of benzene rings is 1. The zero-order valence-corrected chi connectivity index (χ0v) is 15.6. The van der Waals surface area contributed by atoms with Gasteiger partial charge in [0.15, 0.2) is 0 Å². The fourth-order valence-electron chi connectivity index (χ4n) is 3.21. The van der Waals surface area contributed by atoms with E-state index < -0.39 is 0 Å². The van der Waals surface area contributed by atoms with Gasteiger partial charge in [-0.1, -0.05) is 39.0 Å². The van der Waals surface area contributed by atoms with Gasteiger partial charge in [-0.15, -0.1) is 0 Å². The molecule has 1 aromatic carbocycles. The van der Waals surface area contributed by atoms with Gasteiger partial charge in [-0.25, -0.2) is 0 Å². The summed E-state index contributed by atoms with van der Waals surface area (Å²) < 4.78 is 6.04. The molecular weight excluding hydrogens is 284 g/mol. The summed E-state index contributed by atoms with van der Waals surface area (Å²) in [6.45, 7) is 16.0. The smallest absolute Gasteiger partial charge is 0.0639 e. The maximum absolute atomic E-state index is 6.04. The molecule has 1 aliphatic heterocycles. The Balaban J connectivity index is 1.94. The maximum Gasteiger partial charge on any atom is 0.0639 e. The molecule has 1 fully saturated rings. The lowest BCUT2D eigenvalue weighted by Crippen LogP contribution is -2.42. The third-order valence-electron chi connectivity index (χ3n) is 4.50. The van der Waals surface area contributed by atoms with Crippen molar-refractivity contribution in [2.24, 2.45) is 5.41 Å². The number of nitrogens with zero attached hydrogens (tertiary/aromatic N) is 1. The summed E-state index contributed by atoms with van der Waals surface area (Å²) in [5.74, 6) is 0. The number of hydrogen-bond donors (Lipinski definition) is 1. The van der Waals surface area contributed by atoms with Crippen molar-refractivity contribution >= 4 is 5.69 Å². The summed E-state index contributed by atoms with van der Waals surface area (Å²) in [6.07, 6.45) is 2.64. The van der Waals surface area contributed by atoms with Crippen LogP contribution in [0, 0.1) is 19.3 Å². The molecule has 1 atom stereocenters. The number of rotatable bonds is 7. The molecule has 130 valence electrons. The van der Waals surface area contributed by atoms with Gasteiger partial charge in [0.1, 0.15) is 0 Å². The van der Waals surface area contributed by atoms with Gasteiger partial charge in [-0.2, -0.15) is 0 Å². The van der Waals surface area contributed by atoms with Crippen LogP contribution in [-0.2, 0) is 4.74 Å². The molecule has 1 aliphatic rings. The first-order valence-electron chi connectivity index (χ1n) is 8.99. The summed E-state index contributed by atoms with van der Waals surface area (Å²) >= 11 is 0. The Morgan fingerprint density at radius 1 is 1.13 bits per heavy atom.